The third-order valence-corrected chi connectivity index (χ3v) is 3.64. The van der Waals surface area contributed by atoms with Gasteiger partial charge in [-0.3, -0.25) is 9.59 Å². The second-order valence-corrected chi connectivity index (χ2v) is 5.60. The summed E-state index contributed by atoms with van der Waals surface area (Å²) in [4.78, 5) is 26.8. The van der Waals surface area contributed by atoms with Crippen LogP contribution in [0.1, 0.15) is 34.6 Å². The van der Waals surface area contributed by atoms with Gasteiger partial charge in [0.1, 0.15) is 5.56 Å². The fourth-order valence-corrected chi connectivity index (χ4v) is 2.53. The van der Waals surface area contributed by atoms with E-state index in [0.29, 0.717) is 15.7 Å². The van der Waals surface area contributed by atoms with E-state index in [1.54, 1.807) is 32.0 Å². The number of hydrogen-bond acceptors (Lipinski definition) is 2. The number of halogens is 2. The first kappa shape index (κ1) is 15.6. The van der Waals surface area contributed by atoms with Crippen LogP contribution in [0.3, 0.4) is 0 Å². The number of H-pyrrole nitrogens is 1. The molecule has 1 amide bonds. The molecule has 1 aromatic heterocycles. The zero-order valence-electron chi connectivity index (χ0n) is 11.5. The molecule has 6 heteroatoms. The van der Waals surface area contributed by atoms with Gasteiger partial charge in [0.15, 0.2) is 5.43 Å². The number of amides is 1. The first-order valence-electron chi connectivity index (χ1n) is 6.33. The van der Waals surface area contributed by atoms with Crippen LogP contribution in [0.25, 0.3) is 0 Å². The summed E-state index contributed by atoms with van der Waals surface area (Å²) in [5.74, 6) is -0.449. The minimum Gasteiger partial charge on any atom is -0.364 e. The molecule has 0 radical (unpaired) electrons. The quantitative estimate of drug-likeness (QED) is 0.907. The van der Waals surface area contributed by atoms with Crippen molar-refractivity contribution in [2.45, 2.75) is 19.9 Å². The molecule has 2 rings (SSSR count). The summed E-state index contributed by atoms with van der Waals surface area (Å²) in [6, 6.07) is 6.09. The smallest absolute Gasteiger partial charge is 0.257 e. The molecule has 1 unspecified atom stereocenters. The molecule has 0 bridgehead atoms. The molecular formula is C15H14Cl2N2O2. The van der Waals surface area contributed by atoms with Crippen LogP contribution in [0.2, 0.25) is 10.0 Å². The zero-order valence-corrected chi connectivity index (χ0v) is 13.0. The van der Waals surface area contributed by atoms with Gasteiger partial charge in [0.05, 0.1) is 6.04 Å². The minimum absolute atomic E-state index is 0.0672. The average Bonchev–Trinajstić information content (AvgIpc) is 2.37. The molecular weight excluding hydrogens is 311 g/mol. The summed E-state index contributed by atoms with van der Waals surface area (Å²) >= 11 is 11.9. The molecule has 1 heterocycles. The van der Waals surface area contributed by atoms with Gasteiger partial charge in [-0.1, -0.05) is 29.3 Å². The average molecular weight is 325 g/mol. The maximum atomic E-state index is 12.1. The standard InChI is InChI=1S/C15H14Cl2N2O2/c1-8-5-14(20)12(7-18-8)15(21)19-9(2)11-4-3-10(16)6-13(11)17/h3-7,9H,1-2H3,(H,18,20)(H,19,21). The van der Waals surface area contributed by atoms with E-state index in [-0.39, 0.29) is 17.0 Å². The van der Waals surface area contributed by atoms with Gasteiger partial charge in [-0.05, 0) is 31.5 Å². The maximum Gasteiger partial charge on any atom is 0.257 e. The Morgan fingerprint density at radius 2 is 2.00 bits per heavy atom. The fourth-order valence-electron chi connectivity index (χ4n) is 1.96. The second-order valence-electron chi connectivity index (χ2n) is 4.75. The van der Waals surface area contributed by atoms with Gasteiger partial charge in [0.25, 0.3) is 5.91 Å². The van der Waals surface area contributed by atoms with Crippen molar-refractivity contribution in [1.29, 1.82) is 0 Å². The van der Waals surface area contributed by atoms with Gasteiger partial charge in [-0.15, -0.1) is 0 Å². The highest BCUT2D eigenvalue weighted by molar-refractivity contribution is 6.35. The maximum absolute atomic E-state index is 12.1. The largest absolute Gasteiger partial charge is 0.364 e. The van der Waals surface area contributed by atoms with Crippen LogP contribution >= 0.6 is 23.2 Å². The topological polar surface area (TPSA) is 62.0 Å². The number of pyridine rings is 1. The summed E-state index contributed by atoms with van der Waals surface area (Å²) in [6.45, 7) is 3.54. The van der Waals surface area contributed by atoms with Crippen molar-refractivity contribution < 1.29 is 4.79 Å². The van der Waals surface area contributed by atoms with E-state index in [4.69, 9.17) is 23.2 Å². The molecule has 1 aromatic carbocycles. The Balaban J connectivity index is 2.20. The fraction of sp³-hybridized carbons (Fsp3) is 0.200. The zero-order chi connectivity index (χ0) is 15.6. The molecule has 0 aliphatic rings. The van der Waals surface area contributed by atoms with Crippen molar-refractivity contribution in [2.75, 3.05) is 0 Å². The number of carbonyl (C=O) groups is 1. The number of benzene rings is 1. The Kier molecular flexibility index (Phi) is 4.70. The Morgan fingerprint density at radius 1 is 1.29 bits per heavy atom. The van der Waals surface area contributed by atoms with E-state index in [0.717, 1.165) is 5.56 Å². The van der Waals surface area contributed by atoms with Crippen molar-refractivity contribution in [3.8, 4) is 0 Å². The molecule has 0 fully saturated rings. The molecule has 1 atom stereocenters. The summed E-state index contributed by atoms with van der Waals surface area (Å²) in [5.41, 5.74) is 1.18. The van der Waals surface area contributed by atoms with E-state index in [9.17, 15) is 9.59 Å². The van der Waals surface area contributed by atoms with Crippen molar-refractivity contribution in [3.63, 3.8) is 0 Å². The highest BCUT2D eigenvalue weighted by Crippen LogP contribution is 2.26. The Hall–Kier alpha value is -1.78. The molecule has 0 saturated heterocycles. The molecule has 4 nitrogen and oxygen atoms in total. The van der Waals surface area contributed by atoms with Crippen molar-refractivity contribution in [3.05, 3.63) is 67.6 Å². The first-order valence-corrected chi connectivity index (χ1v) is 7.09. The molecule has 0 spiro atoms. The van der Waals surface area contributed by atoms with E-state index < -0.39 is 5.91 Å². The van der Waals surface area contributed by atoms with Gasteiger partial charge in [-0.25, -0.2) is 0 Å². The van der Waals surface area contributed by atoms with Crippen molar-refractivity contribution >= 4 is 29.1 Å². The SMILES string of the molecule is Cc1cc(=O)c(C(=O)NC(C)c2ccc(Cl)cc2Cl)c[nH]1. The summed E-state index contributed by atoms with van der Waals surface area (Å²) < 4.78 is 0. The monoisotopic (exact) mass is 324 g/mol. The lowest BCUT2D eigenvalue weighted by Crippen LogP contribution is -2.31. The van der Waals surface area contributed by atoms with Crippen LogP contribution in [0, 0.1) is 6.92 Å². The highest BCUT2D eigenvalue weighted by Gasteiger charge is 2.16. The number of hydrogen-bond donors (Lipinski definition) is 2. The lowest BCUT2D eigenvalue weighted by atomic mass is 10.1. The second kappa shape index (κ2) is 6.33. The Labute approximate surface area is 132 Å². The normalized spacial score (nSPS) is 12.0. The predicted octanol–water partition coefficient (Wildman–Crippen LogP) is 3.48. The van der Waals surface area contributed by atoms with E-state index in [1.807, 2.05) is 0 Å². The number of rotatable bonds is 3. The Bertz CT molecular complexity index is 741. The van der Waals surface area contributed by atoms with Gasteiger partial charge < -0.3 is 10.3 Å². The molecule has 21 heavy (non-hydrogen) atoms. The van der Waals surface area contributed by atoms with Gasteiger partial charge in [0.2, 0.25) is 0 Å². The summed E-state index contributed by atoms with van der Waals surface area (Å²) in [5, 5.41) is 3.74. The third kappa shape index (κ3) is 3.65. The number of nitrogens with one attached hydrogen (secondary N) is 2. The van der Waals surface area contributed by atoms with E-state index >= 15 is 0 Å². The number of aromatic nitrogens is 1. The highest BCUT2D eigenvalue weighted by atomic mass is 35.5. The lowest BCUT2D eigenvalue weighted by molar-refractivity contribution is 0.0938. The molecule has 2 N–H and O–H groups in total. The van der Waals surface area contributed by atoms with E-state index in [2.05, 4.69) is 10.3 Å². The Morgan fingerprint density at radius 3 is 2.62 bits per heavy atom. The summed E-state index contributed by atoms with van der Waals surface area (Å²) in [6.07, 6.45) is 1.41. The van der Waals surface area contributed by atoms with Crippen molar-refractivity contribution in [1.82, 2.24) is 10.3 Å². The minimum atomic E-state index is -0.449. The van der Waals surface area contributed by atoms with Crippen LogP contribution in [0.4, 0.5) is 0 Å². The van der Waals surface area contributed by atoms with E-state index in [1.165, 1.54) is 12.3 Å². The van der Waals surface area contributed by atoms with Crippen LogP contribution in [0.5, 0.6) is 0 Å². The molecule has 0 aliphatic carbocycles. The van der Waals surface area contributed by atoms with Crippen LogP contribution in [-0.4, -0.2) is 10.9 Å². The predicted molar refractivity (Wildman–Crippen MR) is 84.1 cm³/mol. The molecule has 110 valence electrons. The number of carbonyl (C=O) groups excluding carboxylic acids is 1. The van der Waals surface area contributed by atoms with Crippen LogP contribution in [0.15, 0.2) is 35.3 Å². The molecule has 0 saturated carbocycles. The van der Waals surface area contributed by atoms with Crippen LogP contribution in [-0.2, 0) is 0 Å². The van der Waals surface area contributed by atoms with Crippen LogP contribution < -0.4 is 10.7 Å². The molecule has 0 aliphatic heterocycles. The molecule has 2 aromatic rings. The van der Waals surface area contributed by atoms with Crippen molar-refractivity contribution in [2.24, 2.45) is 0 Å². The van der Waals surface area contributed by atoms with Gasteiger partial charge >= 0.3 is 0 Å². The number of aromatic amines is 1. The van der Waals surface area contributed by atoms with Gasteiger partial charge in [0, 0.05) is 28.0 Å². The van der Waals surface area contributed by atoms with Gasteiger partial charge in [-0.2, -0.15) is 0 Å². The number of aryl methyl sites for hydroxylation is 1. The third-order valence-electron chi connectivity index (χ3n) is 3.08. The first-order chi connectivity index (χ1) is 9.88. The summed E-state index contributed by atoms with van der Waals surface area (Å²) in [7, 11) is 0. The lowest BCUT2D eigenvalue weighted by Gasteiger charge is -2.15.